The van der Waals surface area contributed by atoms with E-state index in [1.165, 1.54) is 0 Å². The number of hydrogen-bond donors (Lipinski definition) is 3. The van der Waals surface area contributed by atoms with Crippen LogP contribution < -0.4 is 11.1 Å². The summed E-state index contributed by atoms with van der Waals surface area (Å²) in [5, 5.41) is 10.8. The van der Waals surface area contributed by atoms with Gasteiger partial charge in [0.15, 0.2) is 5.82 Å². The van der Waals surface area contributed by atoms with Crippen LogP contribution in [0.2, 0.25) is 0 Å². The summed E-state index contributed by atoms with van der Waals surface area (Å²) in [7, 11) is 0. The van der Waals surface area contributed by atoms with Crippen LogP contribution in [0.15, 0.2) is 48.5 Å². The van der Waals surface area contributed by atoms with Gasteiger partial charge in [-0.2, -0.15) is 4.98 Å². The van der Waals surface area contributed by atoms with E-state index in [0.29, 0.717) is 34.5 Å². The maximum atomic E-state index is 11.8. The van der Waals surface area contributed by atoms with Gasteiger partial charge in [0.2, 0.25) is 11.9 Å². The van der Waals surface area contributed by atoms with Crippen molar-refractivity contribution in [3.05, 3.63) is 59.9 Å². The number of carbonyl (C=O) groups excluding carboxylic acids is 1. The van der Waals surface area contributed by atoms with Gasteiger partial charge >= 0.3 is 0 Å². The molecule has 0 aliphatic carbocycles. The molecule has 142 valence electrons. The molecular weight excluding hydrogens is 469 g/mol. The van der Waals surface area contributed by atoms with Crippen molar-refractivity contribution in [1.29, 1.82) is 0 Å². The number of aromatic amines is 1. The van der Waals surface area contributed by atoms with E-state index in [1.54, 1.807) is 18.2 Å². The average molecular weight is 487 g/mol. The highest BCUT2D eigenvalue weighted by Gasteiger charge is 2.15. The molecule has 0 aliphatic heterocycles. The number of H-pyrrole nitrogens is 1. The third-order valence-corrected chi connectivity index (χ3v) is 3.86. The van der Waals surface area contributed by atoms with Crippen LogP contribution >= 0.6 is 22.6 Å². The minimum absolute atomic E-state index is 0.363. The number of anilines is 2. The summed E-state index contributed by atoms with van der Waals surface area (Å²) in [6.45, 7) is 1.81. The Bertz CT molecular complexity index is 1130. The van der Waals surface area contributed by atoms with Gasteiger partial charge in [0.1, 0.15) is 11.6 Å². The number of amides is 1. The summed E-state index contributed by atoms with van der Waals surface area (Å²) >= 11 is 2.15. The number of nitrogens with zero attached hydrogens (tertiary/aromatic N) is 4. The van der Waals surface area contributed by atoms with Gasteiger partial charge < -0.3 is 11.1 Å². The number of benzene rings is 2. The number of nitrogens with one attached hydrogen (secondary N) is 2. The van der Waals surface area contributed by atoms with E-state index in [1.807, 2.05) is 42.2 Å². The first kappa shape index (κ1) is 19.7. The van der Waals surface area contributed by atoms with Gasteiger partial charge in [-0.3, -0.25) is 9.89 Å². The maximum Gasteiger partial charge on any atom is 0.249 e. The molecule has 0 aliphatic rings. The Morgan fingerprint density at radius 1 is 1.04 bits per heavy atom. The Kier molecular flexibility index (Phi) is 6.14. The molecule has 0 spiro atoms. The SMILES string of the molecule is CI.Cc1nc(Nc2nc(-c3ccccc3C(N)=O)nc3ccccc23)n[nH]1. The molecule has 4 aromatic rings. The number of hydrogen-bond acceptors (Lipinski definition) is 6. The maximum absolute atomic E-state index is 11.8. The number of nitrogens with two attached hydrogens (primary N) is 1. The van der Waals surface area contributed by atoms with Crippen LogP contribution in [0.1, 0.15) is 16.2 Å². The smallest absolute Gasteiger partial charge is 0.249 e. The second-order valence-corrected chi connectivity index (χ2v) is 5.69. The molecule has 8 nitrogen and oxygen atoms in total. The molecule has 0 radical (unpaired) electrons. The van der Waals surface area contributed by atoms with Crippen molar-refractivity contribution >= 4 is 51.2 Å². The number of aromatic nitrogens is 5. The largest absolute Gasteiger partial charge is 0.366 e. The van der Waals surface area contributed by atoms with E-state index in [0.717, 1.165) is 10.9 Å². The number of halogens is 1. The van der Waals surface area contributed by atoms with E-state index in [2.05, 4.69) is 53.1 Å². The topological polar surface area (TPSA) is 122 Å². The van der Waals surface area contributed by atoms with Crippen LogP contribution in [0.25, 0.3) is 22.3 Å². The number of alkyl halides is 1. The molecule has 2 aromatic carbocycles. The zero-order chi connectivity index (χ0) is 20.1. The van der Waals surface area contributed by atoms with Gasteiger partial charge in [0, 0.05) is 10.9 Å². The number of aryl methyl sites for hydroxylation is 1. The fourth-order valence-electron chi connectivity index (χ4n) is 2.69. The third kappa shape index (κ3) is 4.09. The number of rotatable bonds is 4. The molecule has 4 N–H and O–H groups in total. The Balaban J connectivity index is 0.00000109. The predicted molar refractivity (Wildman–Crippen MR) is 118 cm³/mol. The minimum Gasteiger partial charge on any atom is -0.366 e. The quantitative estimate of drug-likeness (QED) is 0.299. The van der Waals surface area contributed by atoms with E-state index < -0.39 is 5.91 Å². The van der Waals surface area contributed by atoms with Crippen molar-refractivity contribution < 1.29 is 4.79 Å². The number of primary amides is 1. The van der Waals surface area contributed by atoms with Gasteiger partial charge in [-0.1, -0.05) is 52.9 Å². The summed E-state index contributed by atoms with van der Waals surface area (Å²) in [5.41, 5.74) is 7.16. The zero-order valence-electron chi connectivity index (χ0n) is 15.3. The fourth-order valence-corrected chi connectivity index (χ4v) is 2.69. The lowest BCUT2D eigenvalue weighted by atomic mass is 10.1. The Labute approximate surface area is 175 Å². The number of carbonyl (C=O) groups is 1. The van der Waals surface area contributed by atoms with Crippen LogP contribution in [-0.2, 0) is 0 Å². The molecule has 28 heavy (non-hydrogen) atoms. The van der Waals surface area contributed by atoms with Crippen LogP contribution in [0.5, 0.6) is 0 Å². The molecule has 0 bridgehead atoms. The molecule has 2 aromatic heterocycles. The summed E-state index contributed by atoms with van der Waals surface area (Å²) < 4.78 is 0. The van der Waals surface area contributed by atoms with Crippen molar-refractivity contribution in [2.75, 3.05) is 10.2 Å². The summed E-state index contributed by atoms with van der Waals surface area (Å²) in [5.74, 6) is 1.50. The lowest BCUT2D eigenvalue weighted by Crippen LogP contribution is -2.13. The lowest BCUT2D eigenvalue weighted by molar-refractivity contribution is 0.100. The second kappa shape index (κ2) is 8.74. The van der Waals surface area contributed by atoms with Gasteiger partial charge in [0.05, 0.1) is 11.1 Å². The Hall–Kier alpha value is -3.08. The molecule has 4 rings (SSSR count). The molecule has 0 unspecified atom stereocenters. The molecular formula is C19H18IN7O. The van der Waals surface area contributed by atoms with E-state index in [4.69, 9.17) is 5.73 Å². The molecule has 0 atom stereocenters. The van der Waals surface area contributed by atoms with Crippen LogP contribution in [0.3, 0.4) is 0 Å². The molecule has 0 saturated heterocycles. The van der Waals surface area contributed by atoms with E-state index in [-0.39, 0.29) is 0 Å². The van der Waals surface area contributed by atoms with Crippen LogP contribution in [0.4, 0.5) is 11.8 Å². The molecule has 0 fully saturated rings. The standard InChI is InChI=1S/C18H15N7O.CH3I/c1-10-20-18(25-24-10)23-17-13-8-4-5-9-14(13)21-16(22-17)12-7-3-2-6-11(12)15(19)26;1-2/h2-9H,1H3,(H2,19,26)(H2,20,21,22,23,24,25);1H3. The Morgan fingerprint density at radius 2 is 1.75 bits per heavy atom. The first-order chi connectivity index (χ1) is 13.6. The number of para-hydroxylation sites is 1. The normalized spacial score (nSPS) is 10.2. The molecule has 0 saturated carbocycles. The van der Waals surface area contributed by atoms with Crippen LogP contribution in [0, 0.1) is 6.92 Å². The number of fused-ring (bicyclic) bond motifs is 1. The van der Waals surface area contributed by atoms with Gasteiger partial charge in [0.25, 0.3) is 0 Å². The molecule has 1 amide bonds. The lowest BCUT2D eigenvalue weighted by Gasteiger charge is -2.10. The van der Waals surface area contributed by atoms with Gasteiger partial charge in [-0.15, -0.1) is 5.10 Å². The zero-order valence-corrected chi connectivity index (χ0v) is 17.4. The average Bonchev–Trinajstić information content (AvgIpc) is 3.14. The van der Waals surface area contributed by atoms with E-state index >= 15 is 0 Å². The highest BCUT2D eigenvalue weighted by atomic mass is 127. The predicted octanol–water partition coefficient (Wildman–Crippen LogP) is 3.62. The van der Waals surface area contributed by atoms with Crippen LogP contribution in [-0.4, -0.2) is 36.0 Å². The molecule has 2 heterocycles. The summed E-state index contributed by atoms with van der Waals surface area (Å²) in [6, 6.07) is 14.6. The van der Waals surface area contributed by atoms with Crippen molar-refractivity contribution in [2.45, 2.75) is 6.92 Å². The van der Waals surface area contributed by atoms with Gasteiger partial charge in [-0.05, 0) is 30.1 Å². The highest BCUT2D eigenvalue weighted by Crippen LogP contribution is 2.28. The first-order valence-electron chi connectivity index (χ1n) is 8.31. The minimum atomic E-state index is -0.531. The van der Waals surface area contributed by atoms with Crippen molar-refractivity contribution in [3.63, 3.8) is 0 Å². The second-order valence-electron chi connectivity index (χ2n) is 5.69. The van der Waals surface area contributed by atoms with Crippen molar-refractivity contribution in [1.82, 2.24) is 25.1 Å². The Morgan fingerprint density at radius 3 is 2.46 bits per heavy atom. The third-order valence-electron chi connectivity index (χ3n) is 3.86. The van der Waals surface area contributed by atoms with E-state index in [9.17, 15) is 4.79 Å². The molecule has 9 heteroatoms. The monoisotopic (exact) mass is 487 g/mol. The summed E-state index contributed by atoms with van der Waals surface area (Å²) in [6.07, 6.45) is 0. The first-order valence-corrected chi connectivity index (χ1v) is 10.5. The van der Waals surface area contributed by atoms with Gasteiger partial charge in [-0.25, -0.2) is 9.97 Å². The van der Waals surface area contributed by atoms with Crippen molar-refractivity contribution in [2.24, 2.45) is 5.73 Å². The highest BCUT2D eigenvalue weighted by molar-refractivity contribution is 14.1. The van der Waals surface area contributed by atoms with Crippen molar-refractivity contribution in [3.8, 4) is 11.4 Å². The fraction of sp³-hybridized carbons (Fsp3) is 0.105. The summed E-state index contributed by atoms with van der Waals surface area (Å²) in [4.78, 5) is 27.2.